The highest BCUT2D eigenvalue weighted by Gasteiger charge is 2.33. The Hall–Kier alpha value is -0.810. The summed E-state index contributed by atoms with van der Waals surface area (Å²) in [5, 5.41) is 6.76. The van der Waals surface area contributed by atoms with E-state index in [1.807, 2.05) is 4.90 Å². The number of nitrogens with zero attached hydrogens (tertiary/aromatic N) is 1. The standard InChI is InChI=1S/C18H33N3O2.ClH/c1-3-10-21(11-4-2)18(23)7-5-6-17(22)20-16-12-14-8-9-15(13-16)19-14;/h14-16,19H,3-13H2,1-2H3,(H,20,22);1H. The van der Waals surface area contributed by atoms with Gasteiger partial charge in [-0.2, -0.15) is 0 Å². The minimum Gasteiger partial charge on any atom is -0.353 e. The van der Waals surface area contributed by atoms with Gasteiger partial charge in [0.1, 0.15) is 0 Å². The highest BCUT2D eigenvalue weighted by molar-refractivity contribution is 5.85. The summed E-state index contributed by atoms with van der Waals surface area (Å²) < 4.78 is 0. The summed E-state index contributed by atoms with van der Waals surface area (Å²) in [6.45, 7) is 5.85. The van der Waals surface area contributed by atoms with E-state index in [4.69, 9.17) is 0 Å². The number of fused-ring (bicyclic) bond motifs is 2. The normalized spacial score (nSPS) is 25.0. The summed E-state index contributed by atoms with van der Waals surface area (Å²) in [4.78, 5) is 26.2. The first-order valence-corrected chi connectivity index (χ1v) is 9.45. The molecule has 0 saturated carbocycles. The molecule has 2 atom stereocenters. The predicted molar refractivity (Wildman–Crippen MR) is 99.4 cm³/mol. The van der Waals surface area contributed by atoms with Crippen molar-refractivity contribution in [2.45, 2.75) is 89.8 Å². The van der Waals surface area contributed by atoms with Gasteiger partial charge in [-0.05, 0) is 44.9 Å². The maximum atomic E-state index is 12.2. The third-order valence-corrected chi connectivity index (χ3v) is 4.97. The molecule has 2 amide bonds. The molecule has 0 aromatic rings. The van der Waals surface area contributed by atoms with Gasteiger partial charge < -0.3 is 15.5 Å². The molecular weight excluding hydrogens is 326 g/mol. The Balaban J connectivity index is 0.00000288. The summed E-state index contributed by atoms with van der Waals surface area (Å²) in [6, 6.07) is 1.52. The van der Waals surface area contributed by atoms with Crippen LogP contribution in [0.25, 0.3) is 0 Å². The van der Waals surface area contributed by atoms with E-state index < -0.39 is 0 Å². The maximum absolute atomic E-state index is 12.2. The van der Waals surface area contributed by atoms with E-state index >= 15 is 0 Å². The van der Waals surface area contributed by atoms with Gasteiger partial charge in [0.05, 0.1) is 0 Å². The molecule has 0 aliphatic carbocycles. The number of nitrogens with one attached hydrogen (secondary N) is 2. The molecule has 2 N–H and O–H groups in total. The lowest BCUT2D eigenvalue weighted by molar-refractivity contribution is -0.131. The van der Waals surface area contributed by atoms with Crippen LogP contribution in [0.15, 0.2) is 0 Å². The molecule has 2 heterocycles. The molecule has 2 saturated heterocycles. The van der Waals surface area contributed by atoms with Crippen LogP contribution in [0.3, 0.4) is 0 Å². The number of amides is 2. The third-order valence-electron chi connectivity index (χ3n) is 4.97. The van der Waals surface area contributed by atoms with Crippen LogP contribution >= 0.6 is 12.4 Å². The van der Waals surface area contributed by atoms with Crippen LogP contribution in [0.5, 0.6) is 0 Å². The second-order valence-electron chi connectivity index (χ2n) is 7.11. The van der Waals surface area contributed by atoms with Crippen molar-refractivity contribution in [3.05, 3.63) is 0 Å². The van der Waals surface area contributed by atoms with Crippen LogP contribution < -0.4 is 10.6 Å². The lowest BCUT2D eigenvalue weighted by atomic mass is 9.99. The number of hydrogen-bond acceptors (Lipinski definition) is 3. The Morgan fingerprint density at radius 2 is 1.62 bits per heavy atom. The van der Waals surface area contributed by atoms with Crippen LogP contribution in [0.4, 0.5) is 0 Å². The first kappa shape index (κ1) is 21.2. The fourth-order valence-corrected chi connectivity index (χ4v) is 3.93. The molecule has 2 aliphatic heterocycles. The molecule has 0 aromatic heterocycles. The third kappa shape index (κ3) is 6.60. The Morgan fingerprint density at radius 1 is 1.04 bits per heavy atom. The molecule has 2 aliphatic rings. The van der Waals surface area contributed by atoms with Gasteiger partial charge in [0.25, 0.3) is 0 Å². The number of rotatable bonds is 9. The second kappa shape index (κ2) is 10.9. The second-order valence-corrected chi connectivity index (χ2v) is 7.11. The van der Waals surface area contributed by atoms with Gasteiger partial charge in [0.2, 0.25) is 11.8 Å². The van der Waals surface area contributed by atoms with Crippen molar-refractivity contribution in [2.24, 2.45) is 0 Å². The SMILES string of the molecule is CCCN(CCC)C(=O)CCCC(=O)NC1CC2CCC(C1)N2.Cl. The molecule has 2 unspecified atom stereocenters. The van der Waals surface area contributed by atoms with Crippen LogP contribution in [0, 0.1) is 0 Å². The van der Waals surface area contributed by atoms with Gasteiger partial charge in [0.15, 0.2) is 0 Å². The molecule has 6 heteroatoms. The zero-order valence-electron chi connectivity index (χ0n) is 15.2. The minimum absolute atomic E-state index is 0. The summed E-state index contributed by atoms with van der Waals surface area (Å²) in [6.07, 6.45) is 8.21. The lowest BCUT2D eigenvalue weighted by Crippen LogP contribution is -2.48. The monoisotopic (exact) mass is 359 g/mol. The highest BCUT2D eigenvalue weighted by atomic mass is 35.5. The number of piperidine rings is 1. The van der Waals surface area contributed by atoms with Gasteiger partial charge in [0, 0.05) is 44.1 Å². The fraction of sp³-hybridized carbons (Fsp3) is 0.889. The Labute approximate surface area is 152 Å². The number of hydrogen-bond donors (Lipinski definition) is 2. The van der Waals surface area contributed by atoms with Gasteiger partial charge in [-0.1, -0.05) is 13.8 Å². The van der Waals surface area contributed by atoms with Crippen molar-refractivity contribution in [2.75, 3.05) is 13.1 Å². The molecule has 2 rings (SSSR count). The Kier molecular flexibility index (Phi) is 9.67. The maximum Gasteiger partial charge on any atom is 0.222 e. The van der Waals surface area contributed by atoms with E-state index in [9.17, 15) is 9.59 Å². The van der Waals surface area contributed by atoms with E-state index in [1.54, 1.807) is 0 Å². The van der Waals surface area contributed by atoms with Gasteiger partial charge in [-0.3, -0.25) is 9.59 Å². The average molecular weight is 360 g/mol. The number of carbonyl (C=O) groups is 2. The van der Waals surface area contributed by atoms with E-state index in [0.717, 1.165) is 38.8 Å². The molecule has 2 fully saturated rings. The van der Waals surface area contributed by atoms with Gasteiger partial charge in [-0.25, -0.2) is 0 Å². The summed E-state index contributed by atoms with van der Waals surface area (Å²) in [5.74, 6) is 0.308. The smallest absolute Gasteiger partial charge is 0.222 e. The highest BCUT2D eigenvalue weighted by Crippen LogP contribution is 2.26. The number of halogens is 1. The van der Waals surface area contributed by atoms with E-state index in [2.05, 4.69) is 24.5 Å². The van der Waals surface area contributed by atoms with E-state index in [0.29, 0.717) is 37.4 Å². The van der Waals surface area contributed by atoms with Crippen molar-refractivity contribution in [3.8, 4) is 0 Å². The Morgan fingerprint density at radius 3 is 2.17 bits per heavy atom. The minimum atomic E-state index is 0. The molecule has 140 valence electrons. The fourth-order valence-electron chi connectivity index (χ4n) is 3.93. The van der Waals surface area contributed by atoms with Crippen molar-refractivity contribution in [1.29, 1.82) is 0 Å². The zero-order valence-corrected chi connectivity index (χ0v) is 16.0. The molecule has 0 spiro atoms. The molecule has 0 radical (unpaired) electrons. The van der Waals surface area contributed by atoms with Crippen molar-refractivity contribution < 1.29 is 9.59 Å². The van der Waals surface area contributed by atoms with Crippen molar-refractivity contribution >= 4 is 24.2 Å². The van der Waals surface area contributed by atoms with Crippen molar-refractivity contribution in [3.63, 3.8) is 0 Å². The topological polar surface area (TPSA) is 61.4 Å². The first-order chi connectivity index (χ1) is 11.1. The molecule has 5 nitrogen and oxygen atoms in total. The van der Waals surface area contributed by atoms with Crippen LogP contribution in [-0.2, 0) is 9.59 Å². The van der Waals surface area contributed by atoms with E-state index in [1.165, 1.54) is 12.8 Å². The number of carbonyl (C=O) groups excluding carboxylic acids is 2. The molecule has 0 aromatic carbocycles. The molecule has 2 bridgehead atoms. The Bertz CT molecular complexity index is 388. The summed E-state index contributed by atoms with van der Waals surface area (Å²) in [5.41, 5.74) is 0. The van der Waals surface area contributed by atoms with Crippen LogP contribution in [-0.4, -0.2) is 47.9 Å². The van der Waals surface area contributed by atoms with Crippen LogP contribution in [0.2, 0.25) is 0 Å². The first-order valence-electron chi connectivity index (χ1n) is 9.45. The quantitative estimate of drug-likeness (QED) is 0.665. The van der Waals surface area contributed by atoms with Gasteiger partial charge in [-0.15, -0.1) is 12.4 Å². The molecule has 24 heavy (non-hydrogen) atoms. The average Bonchev–Trinajstić information content (AvgIpc) is 2.85. The molecular formula is C18H34ClN3O2. The summed E-state index contributed by atoms with van der Waals surface area (Å²) >= 11 is 0. The van der Waals surface area contributed by atoms with Crippen LogP contribution in [0.1, 0.15) is 71.6 Å². The van der Waals surface area contributed by atoms with E-state index in [-0.39, 0.29) is 24.2 Å². The van der Waals surface area contributed by atoms with Gasteiger partial charge >= 0.3 is 0 Å². The summed E-state index contributed by atoms with van der Waals surface area (Å²) in [7, 11) is 0. The predicted octanol–water partition coefficient (Wildman–Crippen LogP) is 2.63. The largest absolute Gasteiger partial charge is 0.353 e. The zero-order chi connectivity index (χ0) is 16.7. The lowest BCUT2D eigenvalue weighted by Gasteiger charge is -2.29. The van der Waals surface area contributed by atoms with Crippen molar-refractivity contribution in [1.82, 2.24) is 15.5 Å².